The minimum atomic E-state index is 0.138. The van der Waals surface area contributed by atoms with Crippen LogP contribution in [0.1, 0.15) is 29.8 Å². The van der Waals surface area contributed by atoms with Crippen molar-refractivity contribution in [1.82, 2.24) is 9.80 Å². The van der Waals surface area contributed by atoms with E-state index >= 15 is 0 Å². The summed E-state index contributed by atoms with van der Waals surface area (Å²) in [5, 5.41) is 0. The zero-order valence-corrected chi connectivity index (χ0v) is 13.4. The van der Waals surface area contributed by atoms with Gasteiger partial charge in [0.15, 0.2) is 0 Å². The molecule has 1 saturated heterocycles. The normalized spacial score (nSPS) is 17.0. The van der Waals surface area contributed by atoms with Gasteiger partial charge in [0.05, 0.1) is 5.56 Å². The topological polar surface area (TPSA) is 23.6 Å². The summed E-state index contributed by atoms with van der Waals surface area (Å²) < 4.78 is 0.922. The standard InChI is InChI=1S/C15H21BrN2O/c1-11(2)17-7-9-18(10-8-17)15(19)13-6-4-5-12(3)14(13)16/h4-6,11H,7-10H2,1-3H3. The van der Waals surface area contributed by atoms with E-state index in [1.807, 2.05) is 30.0 Å². The fraction of sp³-hybridized carbons (Fsp3) is 0.533. The molecule has 3 nitrogen and oxygen atoms in total. The molecular weight excluding hydrogens is 304 g/mol. The highest BCUT2D eigenvalue weighted by Gasteiger charge is 2.24. The number of hydrogen-bond donors (Lipinski definition) is 0. The molecule has 0 spiro atoms. The molecule has 1 aliphatic heterocycles. The Hall–Kier alpha value is -0.870. The lowest BCUT2D eigenvalue weighted by atomic mass is 10.1. The third-order valence-corrected chi connectivity index (χ3v) is 4.81. The second-order valence-electron chi connectivity index (χ2n) is 5.36. The summed E-state index contributed by atoms with van der Waals surface area (Å²) in [7, 11) is 0. The average molecular weight is 325 g/mol. The summed E-state index contributed by atoms with van der Waals surface area (Å²) in [4.78, 5) is 16.9. The van der Waals surface area contributed by atoms with Gasteiger partial charge in [0.25, 0.3) is 5.91 Å². The summed E-state index contributed by atoms with van der Waals surface area (Å²) in [5.41, 5.74) is 1.88. The smallest absolute Gasteiger partial charge is 0.255 e. The SMILES string of the molecule is Cc1cccc(C(=O)N2CCN(C(C)C)CC2)c1Br. The number of hydrogen-bond acceptors (Lipinski definition) is 2. The summed E-state index contributed by atoms with van der Waals surface area (Å²) in [6.45, 7) is 9.98. The third-order valence-electron chi connectivity index (χ3n) is 3.75. The van der Waals surface area contributed by atoms with Crippen LogP contribution < -0.4 is 0 Å². The van der Waals surface area contributed by atoms with Gasteiger partial charge in [0.1, 0.15) is 0 Å². The molecule has 0 bridgehead atoms. The Bertz CT molecular complexity index is 465. The Morgan fingerprint density at radius 3 is 2.42 bits per heavy atom. The zero-order valence-electron chi connectivity index (χ0n) is 11.8. The van der Waals surface area contributed by atoms with Crippen LogP contribution in [0.2, 0.25) is 0 Å². The Kier molecular flexibility index (Phi) is 4.63. The first-order chi connectivity index (χ1) is 9.00. The van der Waals surface area contributed by atoms with Crippen LogP contribution in [-0.4, -0.2) is 47.9 Å². The molecule has 1 aromatic carbocycles. The molecule has 0 atom stereocenters. The second-order valence-corrected chi connectivity index (χ2v) is 6.15. The first-order valence-corrected chi connectivity index (χ1v) is 7.58. The fourth-order valence-corrected chi connectivity index (χ4v) is 2.86. The Balaban J connectivity index is 2.07. The molecule has 4 heteroatoms. The highest BCUT2D eigenvalue weighted by Crippen LogP contribution is 2.23. The van der Waals surface area contributed by atoms with Gasteiger partial charge in [-0.1, -0.05) is 12.1 Å². The molecule has 0 unspecified atom stereocenters. The maximum atomic E-state index is 12.5. The van der Waals surface area contributed by atoms with Crippen molar-refractivity contribution in [3.63, 3.8) is 0 Å². The average Bonchev–Trinajstić information content (AvgIpc) is 2.41. The van der Waals surface area contributed by atoms with Crippen molar-refractivity contribution in [2.75, 3.05) is 26.2 Å². The minimum absolute atomic E-state index is 0.138. The lowest BCUT2D eigenvalue weighted by molar-refractivity contribution is 0.0594. The molecule has 0 radical (unpaired) electrons. The predicted octanol–water partition coefficient (Wildman–Crippen LogP) is 2.92. The van der Waals surface area contributed by atoms with Crippen molar-refractivity contribution >= 4 is 21.8 Å². The molecule has 1 amide bonds. The molecule has 1 aromatic rings. The first kappa shape index (κ1) is 14.5. The quantitative estimate of drug-likeness (QED) is 0.835. The number of rotatable bonds is 2. The van der Waals surface area contributed by atoms with E-state index in [-0.39, 0.29) is 5.91 Å². The van der Waals surface area contributed by atoms with Crippen LogP contribution >= 0.6 is 15.9 Å². The van der Waals surface area contributed by atoms with Crippen molar-refractivity contribution in [3.05, 3.63) is 33.8 Å². The molecule has 0 aliphatic carbocycles. The summed E-state index contributed by atoms with van der Waals surface area (Å²) in [6.07, 6.45) is 0. The molecule has 2 rings (SSSR count). The van der Waals surface area contributed by atoms with E-state index in [0.29, 0.717) is 6.04 Å². The van der Waals surface area contributed by atoms with Crippen molar-refractivity contribution in [2.24, 2.45) is 0 Å². The first-order valence-electron chi connectivity index (χ1n) is 6.79. The number of benzene rings is 1. The van der Waals surface area contributed by atoms with Gasteiger partial charge in [0.2, 0.25) is 0 Å². The largest absolute Gasteiger partial charge is 0.336 e. The lowest BCUT2D eigenvalue weighted by Gasteiger charge is -2.37. The molecule has 19 heavy (non-hydrogen) atoms. The summed E-state index contributed by atoms with van der Waals surface area (Å²) in [6, 6.07) is 6.41. The van der Waals surface area contributed by atoms with Crippen LogP contribution in [0.25, 0.3) is 0 Å². The molecule has 104 valence electrons. The number of piperazine rings is 1. The second kappa shape index (κ2) is 6.06. The van der Waals surface area contributed by atoms with Crippen LogP contribution in [0.4, 0.5) is 0 Å². The number of nitrogens with zero attached hydrogens (tertiary/aromatic N) is 2. The third kappa shape index (κ3) is 3.18. The Labute approximate surface area is 123 Å². The Morgan fingerprint density at radius 2 is 1.84 bits per heavy atom. The molecular formula is C15H21BrN2O. The van der Waals surface area contributed by atoms with Crippen LogP contribution in [-0.2, 0) is 0 Å². The zero-order chi connectivity index (χ0) is 14.0. The van der Waals surface area contributed by atoms with Crippen molar-refractivity contribution < 1.29 is 4.79 Å². The predicted molar refractivity (Wildman–Crippen MR) is 81.5 cm³/mol. The number of halogens is 1. The van der Waals surface area contributed by atoms with Gasteiger partial charge >= 0.3 is 0 Å². The molecule has 1 aliphatic rings. The monoisotopic (exact) mass is 324 g/mol. The van der Waals surface area contributed by atoms with E-state index in [4.69, 9.17) is 0 Å². The van der Waals surface area contributed by atoms with Gasteiger partial charge in [-0.3, -0.25) is 9.69 Å². The maximum Gasteiger partial charge on any atom is 0.255 e. The summed E-state index contributed by atoms with van der Waals surface area (Å²) in [5.74, 6) is 0.138. The van der Waals surface area contributed by atoms with Gasteiger partial charge in [-0.15, -0.1) is 0 Å². The van der Waals surface area contributed by atoms with Gasteiger partial charge in [-0.2, -0.15) is 0 Å². The molecule has 1 fully saturated rings. The van der Waals surface area contributed by atoms with Gasteiger partial charge in [-0.05, 0) is 48.3 Å². The summed E-state index contributed by atoms with van der Waals surface area (Å²) >= 11 is 3.52. The highest BCUT2D eigenvalue weighted by atomic mass is 79.9. The molecule has 0 N–H and O–H groups in total. The van der Waals surface area contributed by atoms with E-state index in [1.54, 1.807) is 0 Å². The number of aryl methyl sites for hydroxylation is 1. The van der Waals surface area contributed by atoms with E-state index < -0.39 is 0 Å². The van der Waals surface area contributed by atoms with Gasteiger partial charge in [0, 0.05) is 36.7 Å². The van der Waals surface area contributed by atoms with Crippen molar-refractivity contribution in [2.45, 2.75) is 26.8 Å². The maximum absolute atomic E-state index is 12.5. The van der Waals surface area contributed by atoms with E-state index in [2.05, 4.69) is 34.7 Å². The van der Waals surface area contributed by atoms with Gasteiger partial charge < -0.3 is 4.90 Å². The fourth-order valence-electron chi connectivity index (χ4n) is 2.42. The lowest BCUT2D eigenvalue weighted by Crippen LogP contribution is -2.50. The van der Waals surface area contributed by atoms with Crippen LogP contribution in [0.15, 0.2) is 22.7 Å². The van der Waals surface area contributed by atoms with Crippen molar-refractivity contribution in [1.29, 1.82) is 0 Å². The van der Waals surface area contributed by atoms with Crippen LogP contribution in [0.5, 0.6) is 0 Å². The number of amides is 1. The van der Waals surface area contributed by atoms with E-state index in [1.165, 1.54) is 0 Å². The van der Waals surface area contributed by atoms with E-state index in [9.17, 15) is 4.79 Å². The number of carbonyl (C=O) groups excluding carboxylic acids is 1. The number of carbonyl (C=O) groups is 1. The Morgan fingerprint density at radius 1 is 1.21 bits per heavy atom. The molecule has 0 saturated carbocycles. The highest BCUT2D eigenvalue weighted by molar-refractivity contribution is 9.10. The van der Waals surface area contributed by atoms with Crippen LogP contribution in [0.3, 0.4) is 0 Å². The van der Waals surface area contributed by atoms with Crippen molar-refractivity contribution in [3.8, 4) is 0 Å². The molecule has 0 aromatic heterocycles. The van der Waals surface area contributed by atoms with Crippen LogP contribution in [0, 0.1) is 6.92 Å². The minimum Gasteiger partial charge on any atom is -0.336 e. The van der Waals surface area contributed by atoms with E-state index in [0.717, 1.165) is 41.8 Å². The van der Waals surface area contributed by atoms with Gasteiger partial charge in [-0.25, -0.2) is 0 Å². The molecule has 1 heterocycles.